The Balaban J connectivity index is 1.12. The van der Waals surface area contributed by atoms with Crippen LogP contribution in [0.2, 0.25) is 0 Å². The van der Waals surface area contributed by atoms with Gasteiger partial charge in [0.2, 0.25) is 0 Å². The summed E-state index contributed by atoms with van der Waals surface area (Å²) in [5.41, 5.74) is 8.26. The number of carbonyl (C=O) groups is 1. The number of rotatable bonds is 22. The number of carbonyl (C=O) groups excluding carboxylic acids is 1. The fourth-order valence-electron chi connectivity index (χ4n) is 7.09. The Morgan fingerprint density at radius 3 is 1.59 bits per heavy atom. The molecule has 0 spiro atoms. The van der Waals surface area contributed by atoms with Gasteiger partial charge in [0.1, 0.15) is 30.8 Å². The number of unbranched alkanes of at least 4 members (excludes halogenated alkanes) is 4. The molecule has 0 atom stereocenters. The molecule has 5 nitrogen and oxygen atoms in total. The Kier molecular flexibility index (Phi) is 15.2. The van der Waals surface area contributed by atoms with E-state index in [0.29, 0.717) is 0 Å². The molecule has 6 rings (SSSR count). The first-order chi connectivity index (χ1) is 27.4. The van der Waals surface area contributed by atoms with Crippen molar-refractivity contribution < 1.29 is 23.7 Å². The molecule has 0 unspecified atom stereocenters. The van der Waals surface area contributed by atoms with Crippen LogP contribution in [-0.2, 0) is 40.0 Å². The minimum atomic E-state index is -0.544. The maximum Gasteiger partial charge on any atom is 0.332 e. The van der Waals surface area contributed by atoms with E-state index in [4.69, 9.17) is 18.9 Å². The number of fused-ring (bicyclic) bond motifs is 2. The zero-order chi connectivity index (χ0) is 39.3. The molecule has 294 valence electrons. The molecular weight excluding hydrogens is 733 g/mol. The van der Waals surface area contributed by atoms with Crippen molar-refractivity contribution in [2.45, 2.75) is 98.0 Å². The second-order valence-corrected chi connectivity index (χ2v) is 16.6. The molecule has 56 heavy (non-hydrogen) atoms. The van der Waals surface area contributed by atoms with Gasteiger partial charge in [-0.2, -0.15) is 0 Å². The van der Waals surface area contributed by atoms with Crippen molar-refractivity contribution in [3.8, 4) is 32.4 Å². The highest BCUT2D eigenvalue weighted by molar-refractivity contribution is 7.22. The van der Waals surface area contributed by atoms with E-state index in [-0.39, 0.29) is 20.0 Å². The van der Waals surface area contributed by atoms with E-state index in [1.54, 1.807) is 0 Å². The molecule has 0 N–H and O–H groups in total. The SMILES string of the molecule is C=CC(=O)OCOC(COc1ccc2sc(-c3ccc(CCCCC)cc3CC)cc2c1)COc1ccc2sc(-c3ccc(CCCCC)cc3CC)cc2c1. The third kappa shape index (κ3) is 10.9. The van der Waals surface area contributed by atoms with Crippen LogP contribution in [0.3, 0.4) is 0 Å². The van der Waals surface area contributed by atoms with Crippen LogP contribution in [0.5, 0.6) is 11.5 Å². The molecule has 2 heterocycles. The van der Waals surface area contributed by atoms with Gasteiger partial charge in [0.25, 0.3) is 0 Å². The summed E-state index contributed by atoms with van der Waals surface area (Å²) in [4.78, 5) is 14.3. The number of ether oxygens (including phenoxy) is 4. The quantitative estimate of drug-likeness (QED) is 0.0297. The summed E-state index contributed by atoms with van der Waals surface area (Å²) in [5.74, 6) is 0.944. The van der Waals surface area contributed by atoms with E-state index in [1.165, 1.54) is 91.1 Å². The summed E-state index contributed by atoms with van der Waals surface area (Å²) in [6.07, 6.45) is 12.4. The van der Waals surface area contributed by atoms with E-state index in [9.17, 15) is 4.79 Å². The summed E-state index contributed by atoms with van der Waals surface area (Å²) >= 11 is 3.62. The van der Waals surface area contributed by atoms with Gasteiger partial charge >= 0.3 is 5.97 Å². The van der Waals surface area contributed by atoms with Crippen LogP contribution in [0.15, 0.2) is 97.6 Å². The first-order valence-electron chi connectivity index (χ1n) is 20.4. The molecule has 2 aromatic heterocycles. The maximum atomic E-state index is 11.7. The van der Waals surface area contributed by atoms with Gasteiger partial charge in [0, 0.05) is 25.2 Å². The molecule has 0 bridgehead atoms. The van der Waals surface area contributed by atoms with Crippen LogP contribution in [0, 0.1) is 0 Å². The largest absolute Gasteiger partial charge is 0.491 e. The maximum absolute atomic E-state index is 11.7. The number of hydrogen-bond donors (Lipinski definition) is 0. The molecule has 6 aromatic rings. The average Bonchev–Trinajstić information content (AvgIpc) is 3.85. The average molecular weight is 789 g/mol. The fraction of sp³-hybridized carbons (Fsp3) is 0.367. The van der Waals surface area contributed by atoms with E-state index in [0.717, 1.165) is 54.0 Å². The highest BCUT2D eigenvalue weighted by Crippen LogP contribution is 2.39. The number of thiophene rings is 2. The van der Waals surface area contributed by atoms with E-state index < -0.39 is 12.1 Å². The van der Waals surface area contributed by atoms with Gasteiger partial charge in [-0.1, -0.05) is 96.4 Å². The van der Waals surface area contributed by atoms with Crippen molar-refractivity contribution in [3.05, 3.63) is 120 Å². The highest BCUT2D eigenvalue weighted by Gasteiger charge is 2.16. The lowest BCUT2D eigenvalue weighted by Gasteiger charge is -2.19. The fourth-order valence-corrected chi connectivity index (χ4v) is 9.29. The third-order valence-electron chi connectivity index (χ3n) is 10.3. The van der Waals surface area contributed by atoms with Crippen LogP contribution >= 0.6 is 22.7 Å². The summed E-state index contributed by atoms with van der Waals surface area (Å²) in [6.45, 7) is 12.7. The number of esters is 1. The van der Waals surface area contributed by atoms with Gasteiger partial charge in [-0.25, -0.2) is 4.79 Å². The summed E-state index contributed by atoms with van der Waals surface area (Å²) in [6, 6.07) is 30.9. The normalized spacial score (nSPS) is 11.4. The zero-order valence-electron chi connectivity index (χ0n) is 33.5. The predicted octanol–water partition coefficient (Wildman–Crippen LogP) is 13.6. The first kappa shape index (κ1) is 41.2. The van der Waals surface area contributed by atoms with Gasteiger partial charge in [0.05, 0.1) is 0 Å². The van der Waals surface area contributed by atoms with Crippen LogP contribution in [0.1, 0.15) is 88.5 Å². The Morgan fingerprint density at radius 2 is 1.14 bits per heavy atom. The highest BCUT2D eigenvalue weighted by atomic mass is 32.1. The van der Waals surface area contributed by atoms with Crippen molar-refractivity contribution in [2.24, 2.45) is 0 Å². The Hall–Kier alpha value is -4.43. The lowest BCUT2D eigenvalue weighted by atomic mass is 9.98. The standard InChI is InChI=1S/C49H56O5S2/c1-6-11-13-15-34-17-21-43(36(8-3)25-34)47-29-38-27-40(19-23-45(38)55-47)51-31-42(53-33-54-49(50)10-5)32-52-41-20-24-46-39(28-41)30-48(56-46)44-22-18-35(16-14-12-7-2)26-37(44)9-4/h10,17-30,42H,5-9,11-16,31-33H2,1-4H3. The van der Waals surface area contributed by atoms with Crippen LogP contribution in [-0.4, -0.2) is 32.1 Å². The van der Waals surface area contributed by atoms with Crippen LogP contribution in [0.4, 0.5) is 0 Å². The van der Waals surface area contributed by atoms with Gasteiger partial charge in [0.15, 0.2) is 6.79 Å². The monoisotopic (exact) mass is 788 g/mol. The molecule has 4 aromatic carbocycles. The van der Waals surface area contributed by atoms with E-state index >= 15 is 0 Å². The smallest absolute Gasteiger partial charge is 0.332 e. The Bertz CT molecular complexity index is 2070. The number of aryl methyl sites for hydroxylation is 4. The Morgan fingerprint density at radius 1 is 0.643 bits per heavy atom. The van der Waals surface area contributed by atoms with Crippen molar-refractivity contribution in [1.29, 1.82) is 0 Å². The molecular formula is C49H56O5S2. The lowest BCUT2D eigenvalue weighted by Crippen LogP contribution is -2.30. The van der Waals surface area contributed by atoms with Crippen molar-refractivity contribution >= 4 is 48.8 Å². The Labute approximate surface area is 341 Å². The second-order valence-electron chi connectivity index (χ2n) is 14.4. The second kappa shape index (κ2) is 20.7. The topological polar surface area (TPSA) is 54.0 Å². The molecule has 0 aliphatic carbocycles. The molecule has 0 fully saturated rings. The molecule has 0 aliphatic rings. The zero-order valence-corrected chi connectivity index (χ0v) is 35.1. The molecule has 0 radical (unpaired) electrons. The van der Waals surface area contributed by atoms with Gasteiger partial charge in [-0.15, -0.1) is 22.7 Å². The molecule has 0 amide bonds. The minimum absolute atomic E-state index is 0.215. The number of benzene rings is 4. The van der Waals surface area contributed by atoms with Crippen molar-refractivity contribution in [2.75, 3.05) is 20.0 Å². The molecule has 7 heteroatoms. The van der Waals surface area contributed by atoms with Gasteiger partial charge in [-0.3, -0.25) is 0 Å². The van der Waals surface area contributed by atoms with E-state index in [2.05, 4.69) is 107 Å². The molecule has 0 aliphatic heterocycles. The van der Waals surface area contributed by atoms with Crippen LogP contribution in [0.25, 0.3) is 41.1 Å². The summed E-state index contributed by atoms with van der Waals surface area (Å²) in [7, 11) is 0. The third-order valence-corrected chi connectivity index (χ3v) is 12.6. The van der Waals surface area contributed by atoms with Gasteiger partial charge < -0.3 is 18.9 Å². The van der Waals surface area contributed by atoms with Crippen molar-refractivity contribution in [1.82, 2.24) is 0 Å². The minimum Gasteiger partial charge on any atom is -0.491 e. The molecule has 0 saturated heterocycles. The van der Waals surface area contributed by atoms with Crippen LogP contribution < -0.4 is 9.47 Å². The summed E-state index contributed by atoms with van der Waals surface area (Å²) < 4.78 is 26.1. The number of hydrogen-bond acceptors (Lipinski definition) is 7. The van der Waals surface area contributed by atoms with Gasteiger partial charge in [-0.05, 0) is 131 Å². The predicted molar refractivity (Wildman–Crippen MR) is 237 cm³/mol. The summed E-state index contributed by atoms with van der Waals surface area (Å²) in [5, 5.41) is 2.28. The first-order valence-corrected chi connectivity index (χ1v) is 22.0. The molecule has 0 saturated carbocycles. The van der Waals surface area contributed by atoms with Crippen molar-refractivity contribution in [3.63, 3.8) is 0 Å². The lowest BCUT2D eigenvalue weighted by molar-refractivity contribution is -0.158. The van der Waals surface area contributed by atoms with E-state index in [1.807, 2.05) is 34.8 Å².